The summed E-state index contributed by atoms with van der Waals surface area (Å²) in [5, 5.41) is 8.90. The van der Waals surface area contributed by atoms with Gasteiger partial charge in [-0.2, -0.15) is 0 Å². The van der Waals surface area contributed by atoms with Crippen LogP contribution in [0.4, 0.5) is 4.79 Å². The van der Waals surface area contributed by atoms with Crippen LogP contribution in [-0.2, 0) is 11.2 Å². The minimum atomic E-state index is -0.802. The van der Waals surface area contributed by atoms with Gasteiger partial charge in [-0.1, -0.05) is 30.3 Å². The molecule has 1 heterocycles. The van der Waals surface area contributed by atoms with Crippen LogP contribution in [0.25, 0.3) is 0 Å². The van der Waals surface area contributed by atoms with Crippen molar-refractivity contribution in [3.63, 3.8) is 0 Å². The molecule has 1 saturated heterocycles. The highest BCUT2D eigenvalue weighted by Gasteiger charge is 2.61. The maximum atomic E-state index is 10.8. The fourth-order valence-corrected chi connectivity index (χ4v) is 3.75. The average molecular weight is 261 g/mol. The van der Waals surface area contributed by atoms with E-state index in [2.05, 4.69) is 12.1 Å². The zero-order valence-corrected chi connectivity index (χ0v) is 11.1. The zero-order valence-electron chi connectivity index (χ0n) is 11.1. The first-order chi connectivity index (χ1) is 9.06. The molecule has 1 spiro atoms. The number of hydrogen-bond donors (Lipinski definition) is 1. The molecule has 0 aromatic heterocycles. The van der Waals surface area contributed by atoms with Crippen LogP contribution in [0.2, 0.25) is 0 Å². The third kappa shape index (κ3) is 2.10. The van der Waals surface area contributed by atoms with Crippen molar-refractivity contribution in [2.24, 2.45) is 5.41 Å². The molecule has 1 aliphatic carbocycles. The second-order valence-electron chi connectivity index (χ2n) is 6.04. The SMILES string of the molecule is COC1(Cc2ccccc2)CC2(CN(C(=O)O)C2)C1. The number of amides is 1. The quantitative estimate of drug-likeness (QED) is 0.909. The standard InChI is InChI=1S/C15H19NO3/c1-19-15(7-12-5-3-2-4-6-12)8-14(9-15)10-16(11-14)13(17)18/h2-6H,7-11H2,1H3,(H,17,18). The van der Waals surface area contributed by atoms with Gasteiger partial charge in [-0.25, -0.2) is 4.79 Å². The molecule has 1 saturated carbocycles. The molecule has 4 heteroatoms. The number of carboxylic acid groups (broad SMARTS) is 1. The summed E-state index contributed by atoms with van der Waals surface area (Å²) in [7, 11) is 1.77. The van der Waals surface area contributed by atoms with Crippen LogP contribution in [0.3, 0.4) is 0 Å². The van der Waals surface area contributed by atoms with E-state index in [0.29, 0.717) is 13.1 Å². The Hall–Kier alpha value is -1.55. The molecule has 0 radical (unpaired) electrons. The first-order valence-electron chi connectivity index (χ1n) is 6.64. The predicted molar refractivity (Wildman–Crippen MR) is 71.2 cm³/mol. The molecule has 2 fully saturated rings. The summed E-state index contributed by atoms with van der Waals surface area (Å²) in [4.78, 5) is 12.3. The van der Waals surface area contributed by atoms with Crippen molar-refractivity contribution in [1.82, 2.24) is 4.90 Å². The Bertz CT molecular complexity index is 471. The molecule has 3 rings (SSSR count). The van der Waals surface area contributed by atoms with Crippen molar-refractivity contribution in [2.75, 3.05) is 20.2 Å². The van der Waals surface area contributed by atoms with Gasteiger partial charge in [0.2, 0.25) is 0 Å². The number of rotatable bonds is 3. The van der Waals surface area contributed by atoms with Crippen LogP contribution >= 0.6 is 0 Å². The predicted octanol–water partition coefficient (Wildman–Crippen LogP) is 2.39. The number of carbonyl (C=O) groups is 1. The summed E-state index contributed by atoms with van der Waals surface area (Å²) in [5.74, 6) is 0. The van der Waals surface area contributed by atoms with Crippen LogP contribution in [0.15, 0.2) is 30.3 Å². The summed E-state index contributed by atoms with van der Waals surface area (Å²) >= 11 is 0. The lowest BCUT2D eigenvalue weighted by atomic mass is 9.54. The topological polar surface area (TPSA) is 49.8 Å². The van der Waals surface area contributed by atoms with Gasteiger partial charge in [0.25, 0.3) is 0 Å². The first-order valence-corrected chi connectivity index (χ1v) is 6.64. The molecule has 102 valence electrons. The van der Waals surface area contributed by atoms with Gasteiger partial charge in [0.05, 0.1) is 5.60 Å². The van der Waals surface area contributed by atoms with Gasteiger partial charge in [-0.15, -0.1) is 0 Å². The summed E-state index contributed by atoms with van der Waals surface area (Å²) in [5.41, 5.74) is 1.38. The van der Waals surface area contributed by atoms with Gasteiger partial charge in [-0.05, 0) is 18.4 Å². The molecule has 1 N–H and O–H groups in total. The number of benzene rings is 1. The molecule has 1 aliphatic heterocycles. The van der Waals surface area contributed by atoms with E-state index < -0.39 is 6.09 Å². The minimum absolute atomic E-state index is 0.0913. The summed E-state index contributed by atoms with van der Waals surface area (Å²) in [6.07, 6.45) is 2.05. The number of likely N-dealkylation sites (tertiary alicyclic amines) is 1. The Labute approximate surface area is 113 Å². The maximum absolute atomic E-state index is 10.8. The van der Waals surface area contributed by atoms with Crippen molar-refractivity contribution >= 4 is 6.09 Å². The van der Waals surface area contributed by atoms with E-state index in [0.717, 1.165) is 19.3 Å². The van der Waals surface area contributed by atoms with Gasteiger partial charge >= 0.3 is 6.09 Å². The molecule has 4 nitrogen and oxygen atoms in total. The van der Waals surface area contributed by atoms with Gasteiger partial charge in [0.15, 0.2) is 0 Å². The Morgan fingerprint density at radius 3 is 2.47 bits per heavy atom. The van der Waals surface area contributed by atoms with E-state index >= 15 is 0 Å². The number of ether oxygens (including phenoxy) is 1. The lowest BCUT2D eigenvalue weighted by Gasteiger charge is -2.63. The monoisotopic (exact) mass is 261 g/mol. The molecule has 0 unspecified atom stereocenters. The number of methoxy groups -OCH3 is 1. The van der Waals surface area contributed by atoms with Gasteiger partial charge in [0, 0.05) is 32.0 Å². The fraction of sp³-hybridized carbons (Fsp3) is 0.533. The molecule has 19 heavy (non-hydrogen) atoms. The van der Waals surface area contributed by atoms with Crippen LogP contribution in [-0.4, -0.2) is 41.9 Å². The van der Waals surface area contributed by atoms with Crippen LogP contribution in [0, 0.1) is 5.41 Å². The molecule has 0 atom stereocenters. The number of hydrogen-bond acceptors (Lipinski definition) is 2. The zero-order chi connectivity index (χ0) is 13.5. The Morgan fingerprint density at radius 1 is 1.32 bits per heavy atom. The van der Waals surface area contributed by atoms with Gasteiger partial charge in [-0.3, -0.25) is 0 Å². The van der Waals surface area contributed by atoms with Crippen molar-refractivity contribution in [1.29, 1.82) is 0 Å². The summed E-state index contributed by atoms with van der Waals surface area (Å²) < 4.78 is 5.74. The normalized spacial score (nSPS) is 22.7. The van der Waals surface area contributed by atoms with Gasteiger partial charge < -0.3 is 14.7 Å². The molecular formula is C15H19NO3. The van der Waals surface area contributed by atoms with Crippen LogP contribution in [0.1, 0.15) is 18.4 Å². The highest BCUT2D eigenvalue weighted by Crippen LogP contribution is 2.56. The summed E-state index contributed by atoms with van der Waals surface area (Å²) in [6, 6.07) is 10.3. The van der Waals surface area contributed by atoms with Crippen molar-refractivity contribution in [3.8, 4) is 0 Å². The minimum Gasteiger partial charge on any atom is -0.465 e. The van der Waals surface area contributed by atoms with E-state index in [1.165, 1.54) is 10.5 Å². The molecule has 1 amide bonds. The number of nitrogens with zero attached hydrogens (tertiary/aromatic N) is 1. The van der Waals surface area contributed by atoms with Gasteiger partial charge in [0.1, 0.15) is 0 Å². The molecule has 1 aromatic rings. The third-order valence-corrected chi connectivity index (χ3v) is 4.52. The lowest BCUT2D eigenvalue weighted by molar-refractivity contribution is -0.195. The van der Waals surface area contributed by atoms with E-state index in [1.54, 1.807) is 7.11 Å². The molecule has 0 bridgehead atoms. The van der Waals surface area contributed by atoms with Crippen LogP contribution in [0.5, 0.6) is 0 Å². The lowest BCUT2D eigenvalue weighted by Crippen LogP contribution is -2.69. The van der Waals surface area contributed by atoms with E-state index in [4.69, 9.17) is 9.84 Å². The molecule has 2 aliphatic rings. The van der Waals surface area contributed by atoms with Crippen LogP contribution < -0.4 is 0 Å². The first kappa shape index (κ1) is 12.5. The second-order valence-corrected chi connectivity index (χ2v) is 6.04. The molecule has 1 aromatic carbocycles. The highest BCUT2D eigenvalue weighted by atomic mass is 16.5. The highest BCUT2D eigenvalue weighted by molar-refractivity contribution is 5.66. The Kier molecular flexibility index (Phi) is 2.78. The maximum Gasteiger partial charge on any atom is 0.407 e. The Balaban J connectivity index is 1.62. The average Bonchev–Trinajstić information content (AvgIpc) is 2.31. The third-order valence-electron chi connectivity index (χ3n) is 4.52. The van der Waals surface area contributed by atoms with E-state index in [1.807, 2.05) is 18.2 Å². The molecular weight excluding hydrogens is 242 g/mol. The van der Waals surface area contributed by atoms with Crippen molar-refractivity contribution < 1.29 is 14.6 Å². The largest absolute Gasteiger partial charge is 0.465 e. The van der Waals surface area contributed by atoms with E-state index in [-0.39, 0.29) is 11.0 Å². The fourth-order valence-electron chi connectivity index (χ4n) is 3.75. The second kappa shape index (κ2) is 4.23. The van der Waals surface area contributed by atoms with Crippen molar-refractivity contribution in [2.45, 2.75) is 24.9 Å². The van der Waals surface area contributed by atoms with E-state index in [9.17, 15) is 4.79 Å². The smallest absolute Gasteiger partial charge is 0.407 e. The summed E-state index contributed by atoms with van der Waals surface area (Å²) in [6.45, 7) is 1.34. The Morgan fingerprint density at radius 2 is 1.95 bits per heavy atom. The van der Waals surface area contributed by atoms with Crippen molar-refractivity contribution in [3.05, 3.63) is 35.9 Å².